The van der Waals surface area contributed by atoms with Gasteiger partial charge in [-0.1, -0.05) is 13.8 Å². The zero-order valence-corrected chi connectivity index (χ0v) is 11.1. The van der Waals surface area contributed by atoms with Crippen LogP contribution in [0.15, 0.2) is 0 Å². The highest BCUT2D eigenvalue weighted by molar-refractivity contribution is 5.66. The lowest BCUT2D eigenvalue weighted by atomic mass is 9.73. The van der Waals surface area contributed by atoms with Crippen LogP contribution in [-0.2, 0) is 4.79 Å². The van der Waals surface area contributed by atoms with Gasteiger partial charge in [-0.25, -0.2) is 0 Å². The van der Waals surface area contributed by atoms with Crippen molar-refractivity contribution in [3.8, 4) is 0 Å². The van der Waals surface area contributed by atoms with Gasteiger partial charge in [0.1, 0.15) is 0 Å². The van der Waals surface area contributed by atoms with Crippen LogP contribution in [0.5, 0.6) is 0 Å². The van der Waals surface area contributed by atoms with Gasteiger partial charge in [0.2, 0.25) is 0 Å². The molecule has 1 saturated carbocycles. The molecule has 98 valence electrons. The van der Waals surface area contributed by atoms with E-state index in [-0.39, 0.29) is 0 Å². The third-order valence-corrected chi connectivity index (χ3v) is 4.69. The van der Waals surface area contributed by atoms with E-state index in [1.165, 1.54) is 25.8 Å². The van der Waals surface area contributed by atoms with Gasteiger partial charge >= 0.3 is 5.97 Å². The number of aliphatic carboxylic acids is 1. The van der Waals surface area contributed by atoms with Crippen LogP contribution < -0.4 is 0 Å². The fourth-order valence-electron chi connectivity index (χ4n) is 3.23. The van der Waals surface area contributed by atoms with Gasteiger partial charge in [-0.2, -0.15) is 0 Å². The number of carbonyl (C=O) groups is 1. The number of hydrogen-bond donors (Lipinski definition) is 1. The van der Waals surface area contributed by atoms with Crippen LogP contribution in [0.25, 0.3) is 0 Å². The smallest absolute Gasteiger partial charge is 0.303 e. The molecular formula is C14H25NO2. The molecule has 2 fully saturated rings. The van der Waals surface area contributed by atoms with Gasteiger partial charge in [-0.05, 0) is 50.0 Å². The SMILES string of the molecule is CC(C)C1CC(N2CCC(CCC(=O)O)C2)C1. The molecule has 0 aromatic carbocycles. The molecule has 1 aliphatic heterocycles. The molecule has 2 aliphatic rings. The second-order valence-electron chi connectivity index (χ2n) is 6.21. The average molecular weight is 239 g/mol. The van der Waals surface area contributed by atoms with Crippen LogP contribution in [0.3, 0.4) is 0 Å². The van der Waals surface area contributed by atoms with Crippen molar-refractivity contribution in [2.24, 2.45) is 17.8 Å². The minimum absolute atomic E-state index is 0.345. The Morgan fingerprint density at radius 1 is 1.41 bits per heavy atom. The van der Waals surface area contributed by atoms with Crippen molar-refractivity contribution < 1.29 is 9.90 Å². The molecule has 1 saturated heterocycles. The predicted molar refractivity (Wildman–Crippen MR) is 67.9 cm³/mol. The van der Waals surface area contributed by atoms with Crippen LogP contribution in [0.2, 0.25) is 0 Å². The Kier molecular flexibility index (Phi) is 4.08. The monoisotopic (exact) mass is 239 g/mol. The lowest BCUT2D eigenvalue weighted by molar-refractivity contribution is -0.137. The van der Waals surface area contributed by atoms with Gasteiger partial charge in [0.05, 0.1) is 0 Å². The van der Waals surface area contributed by atoms with Crippen molar-refractivity contribution >= 4 is 5.97 Å². The van der Waals surface area contributed by atoms with Crippen LogP contribution in [0.1, 0.15) is 46.0 Å². The van der Waals surface area contributed by atoms with Crippen molar-refractivity contribution in [3.63, 3.8) is 0 Å². The van der Waals surface area contributed by atoms with E-state index in [4.69, 9.17) is 5.11 Å². The highest BCUT2D eigenvalue weighted by atomic mass is 16.4. The van der Waals surface area contributed by atoms with Crippen molar-refractivity contribution in [1.29, 1.82) is 0 Å². The van der Waals surface area contributed by atoms with Crippen molar-refractivity contribution in [2.75, 3.05) is 13.1 Å². The van der Waals surface area contributed by atoms with Gasteiger partial charge in [0, 0.05) is 19.0 Å². The summed E-state index contributed by atoms with van der Waals surface area (Å²) in [6, 6.07) is 0.803. The summed E-state index contributed by atoms with van der Waals surface area (Å²) in [5.74, 6) is 1.74. The molecule has 17 heavy (non-hydrogen) atoms. The summed E-state index contributed by atoms with van der Waals surface area (Å²) in [5.41, 5.74) is 0. The summed E-state index contributed by atoms with van der Waals surface area (Å²) in [4.78, 5) is 13.1. The summed E-state index contributed by atoms with van der Waals surface area (Å²) in [7, 11) is 0. The molecule has 0 amide bonds. The Balaban J connectivity index is 1.67. The van der Waals surface area contributed by atoms with Crippen molar-refractivity contribution in [1.82, 2.24) is 4.90 Å². The first kappa shape index (κ1) is 12.9. The highest BCUT2D eigenvalue weighted by Crippen LogP contribution is 2.39. The lowest BCUT2D eigenvalue weighted by Gasteiger charge is -2.43. The second-order valence-corrected chi connectivity index (χ2v) is 6.21. The normalized spacial score (nSPS) is 33.9. The van der Waals surface area contributed by atoms with E-state index >= 15 is 0 Å². The Bertz CT molecular complexity index is 271. The third kappa shape index (κ3) is 3.21. The summed E-state index contributed by atoms with van der Waals surface area (Å²) >= 11 is 0. The molecule has 1 aliphatic carbocycles. The zero-order valence-electron chi connectivity index (χ0n) is 11.1. The highest BCUT2D eigenvalue weighted by Gasteiger charge is 2.37. The Morgan fingerprint density at radius 2 is 2.12 bits per heavy atom. The molecule has 0 radical (unpaired) electrons. The molecule has 3 heteroatoms. The van der Waals surface area contributed by atoms with Gasteiger partial charge < -0.3 is 10.0 Å². The summed E-state index contributed by atoms with van der Waals surface area (Å²) in [6.45, 7) is 6.98. The lowest BCUT2D eigenvalue weighted by Crippen LogP contribution is -2.45. The maximum atomic E-state index is 10.5. The van der Waals surface area contributed by atoms with E-state index in [0.29, 0.717) is 12.3 Å². The number of carboxylic acid groups (broad SMARTS) is 1. The molecule has 1 heterocycles. The van der Waals surface area contributed by atoms with E-state index < -0.39 is 5.97 Å². The first-order valence-corrected chi connectivity index (χ1v) is 7.02. The van der Waals surface area contributed by atoms with E-state index in [2.05, 4.69) is 18.7 Å². The number of nitrogens with zero attached hydrogens (tertiary/aromatic N) is 1. The quantitative estimate of drug-likeness (QED) is 0.801. The number of carboxylic acids is 1. The number of likely N-dealkylation sites (tertiary alicyclic amines) is 1. The summed E-state index contributed by atoms with van der Waals surface area (Å²) < 4.78 is 0. The minimum atomic E-state index is -0.646. The first-order valence-electron chi connectivity index (χ1n) is 7.02. The predicted octanol–water partition coefficient (Wildman–Crippen LogP) is 2.61. The molecule has 1 N–H and O–H groups in total. The topological polar surface area (TPSA) is 40.5 Å². The Morgan fingerprint density at radius 3 is 2.71 bits per heavy atom. The molecule has 2 rings (SSSR count). The Hall–Kier alpha value is -0.570. The second kappa shape index (κ2) is 5.38. The molecule has 1 unspecified atom stereocenters. The molecule has 0 aromatic rings. The average Bonchev–Trinajstić information content (AvgIpc) is 2.60. The van der Waals surface area contributed by atoms with Gasteiger partial charge in [-0.3, -0.25) is 4.79 Å². The molecular weight excluding hydrogens is 214 g/mol. The van der Waals surface area contributed by atoms with Crippen LogP contribution in [-0.4, -0.2) is 35.1 Å². The first-order chi connectivity index (χ1) is 8.06. The van der Waals surface area contributed by atoms with Crippen molar-refractivity contribution in [2.45, 2.75) is 52.0 Å². The number of rotatable bonds is 5. The maximum absolute atomic E-state index is 10.5. The fourth-order valence-corrected chi connectivity index (χ4v) is 3.23. The van der Waals surface area contributed by atoms with Crippen LogP contribution in [0, 0.1) is 17.8 Å². The van der Waals surface area contributed by atoms with E-state index in [1.54, 1.807) is 0 Å². The van der Waals surface area contributed by atoms with E-state index in [1.807, 2.05) is 0 Å². The summed E-state index contributed by atoms with van der Waals surface area (Å²) in [6.07, 6.45) is 5.15. The fraction of sp³-hybridized carbons (Fsp3) is 0.929. The molecule has 1 atom stereocenters. The molecule has 0 bridgehead atoms. The number of hydrogen-bond acceptors (Lipinski definition) is 2. The van der Waals surface area contributed by atoms with Crippen LogP contribution >= 0.6 is 0 Å². The molecule has 0 spiro atoms. The zero-order chi connectivity index (χ0) is 12.4. The van der Waals surface area contributed by atoms with Gasteiger partial charge in [0.25, 0.3) is 0 Å². The van der Waals surface area contributed by atoms with E-state index in [9.17, 15) is 4.79 Å². The molecule has 3 nitrogen and oxygen atoms in total. The van der Waals surface area contributed by atoms with Crippen molar-refractivity contribution in [3.05, 3.63) is 0 Å². The summed E-state index contributed by atoms with van der Waals surface area (Å²) in [5, 5.41) is 8.69. The van der Waals surface area contributed by atoms with Gasteiger partial charge in [0.15, 0.2) is 0 Å². The standard InChI is InChI=1S/C14H25NO2/c1-10(2)12-7-13(8-12)15-6-5-11(9-15)3-4-14(16)17/h10-13H,3-9H2,1-2H3,(H,16,17). The molecule has 0 aromatic heterocycles. The maximum Gasteiger partial charge on any atom is 0.303 e. The largest absolute Gasteiger partial charge is 0.481 e. The van der Waals surface area contributed by atoms with E-state index in [0.717, 1.165) is 30.8 Å². The van der Waals surface area contributed by atoms with Crippen LogP contribution in [0.4, 0.5) is 0 Å². The third-order valence-electron chi connectivity index (χ3n) is 4.69. The van der Waals surface area contributed by atoms with Gasteiger partial charge in [-0.15, -0.1) is 0 Å². The Labute approximate surface area is 104 Å². The minimum Gasteiger partial charge on any atom is -0.481 e.